The van der Waals surface area contributed by atoms with Crippen molar-refractivity contribution in [3.63, 3.8) is 0 Å². The minimum Gasteiger partial charge on any atom is -0.393 e. The number of carbonyl (C=O) groups excluding carboxylic acids is 1. The van der Waals surface area contributed by atoms with Crippen molar-refractivity contribution in [2.45, 2.75) is 26.3 Å². The Morgan fingerprint density at radius 1 is 1.75 bits per heavy atom. The van der Waals surface area contributed by atoms with Crippen molar-refractivity contribution in [3.05, 3.63) is 17.5 Å². The van der Waals surface area contributed by atoms with E-state index in [1.54, 1.807) is 24.9 Å². The quantitative estimate of drug-likeness (QED) is 0.800. The van der Waals surface area contributed by atoms with Gasteiger partial charge < -0.3 is 15.2 Å². The van der Waals surface area contributed by atoms with Crippen LogP contribution in [0.3, 0.4) is 0 Å². The fraction of sp³-hybridized carbons (Fsp3) is 0.500. The fourth-order valence-corrected chi connectivity index (χ4v) is 1.51. The minimum absolute atomic E-state index is 0.0598. The maximum Gasteiger partial charge on any atom is 0.292 e. The van der Waals surface area contributed by atoms with Crippen LogP contribution >= 0.6 is 12.2 Å². The monoisotopic (exact) mass is 241 g/mol. The number of amides is 1. The molecule has 1 amide bonds. The molecule has 1 heterocycles. The molecule has 6 heteroatoms. The van der Waals surface area contributed by atoms with E-state index in [9.17, 15) is 4.79 Å². The van der Waals surface area contributed by atoms with E-state index >= 15 is 0 Å². The van der Waals surface area contributed by atoms with E-state index in [4.69, 9.17) is 22.5 Å². The predicted octanol–water partition coefficient (Wildman–Crippen LogP) is 1.12. The molecule has 0 saturated heterocycles. The summed E-state index contributed by atoms with van der Waals surface area (Å²) in [6.45, 7) is 3.64. The first-order chi connectivity index (χ1) is 7.41. The van der Waals surface area contributed by atoms with Crippen LogP contribution in [0.4, 0.5) is 0 Å². The summed E-state index contributed by atoms with van der Waals surface area (Å²) < 4.78 is 4.90. The van der Waals surface area contributed by atoms with E-state index in [-0.39, 0.29) is 17.7 Å². The van der Waals surface area contributed by atoms with Gasteiger partial charge in [-0.1, -0.05) is 17.4 Å². The summed E-state index contributed by atoms with van der Waals surface area (Å²) in [7, 11) is 1.68. The van der Waals surface area contributed by atoms with E-state index in [2.05, 4.69) is 5.16 Å². The Morgan fingerprint density at radius 3 is 2.81 bits per heavy atom. The molecule has 1 atom stereocenters. The number of aromatic nitrogens is 1. The summed E-state index contributed by atoms with van der Waals surface area (Å²) in [4.78, 5) is 13.8. The molecule has 2 N–H and O–H groups in total. The van der Waals surface area contributed by atoms with Gasteiger partial charge in [0.2, 0.25) is 5.76 Å². The Morgan fingerprint density at radius 2 is 2.38 bits per heavy atom. The third-order valence-electron chi connectivity index (χ3n) is 2.32. The van der Waals surface area contributed by atoms with Crippen molar-refractivity contribution in [1.29, 1.82) is 0 Å². The lowest BCUT2D eigenvalue weighted by atomic mass is 10.2. The maximum absolute atomic E-state index is 11.9. The van der Waals surface area contributed by atoms with Crippen molar-refractivity contribution < 1.29 is 9.32 Å². The molecule has 0 saturated carbocycles. The summed E-state index contributed by atoms with van der Waals surface area (Å²) in [5, 5.41) is 3.67. The minimum atomic E-state index is -0.218. The molecule has 0 aliphatic heterocycles. The zero-order valence-electron chi connectivity index (χ0n) is 9.56. The Labute approximate surface area is 99.6 Å². The Balaban J connectivity index is 2.70. The van der Waals surface area contributed by atoms with Gasteiger partial charge in [0.05, 0.1) is 10.7 Å². The van der Waals surface area contributed by atoms with Gasteiger partial charge in [-0.2, -0.15) is 0 Å². The maximum atomic E-state index is 11.9. The molecule has 0 radical (unpaired) electrons. The SMILES string of the molecule is Cc1cc(C(=O)N(C)C(C)CC(N)=S)on1. The number of nitrogens with zero attached hydrogens (tertiary/aromatic N) is 2. The standard InChI is InChI=1S/C10H15N3O2S/c1-6-4-8(15-12-6)10(14)13(3)7(2)5-9(11)16/h4,7H,5H2,1-3H3,(H2,11,16). The van der Waals surface area contributed by atoms with E-state index in [0.717, 1.165) is 0 Å². The molecule has 5 nitrogen and oxygen atoms in total. The molecule has 0 aliphatic carbocycles. The molecule has 0 aromatic carbocycles. The fourth-order valence-electron chi connectivity index (χ4n) is 1.27. The average Bonchev–Trinajstić information content (AvgIpc) is 2.61. The number of aryl methyl sites for hydroxylation is 1. The van der Waals surface area contributed by atoms with Crippen LogP contribution in [0.2, 0.25) is 0 Å². The highest BCUT2D eigenvalue weighted by molar-refractivity contribution is 7.80. The normalized spacial score (nSPS) is 12.2. The van der Waals surface area contributed by atoms with Crippen LogP contribution < -0.4 is 5.73 Å². The van der Waals surface area contributed by atoms with Crippen molar-refractivity contribution in [2.24, 2.45) is 5.73 Å². The molecule has 16 heavy (non-hydrogen) atoms. The number of carbonyl (C=O) groups is 1. The Bertz CT molecular complexity index is 403. The Kier molecular flexibility index (Phi) is 4.00. The summed E-state index contributed by atoms with van der Waals surface area (Å²) in [6.07, 6.45) is 0.491. The highest BCUT2D eigenvalue weighted by atomic mass is 32.1. The van der Waals surface area contributed by atoms with Gasteiger partial charge in [0, 0.05) is 25.6 Å². The van der Waals surface area contributed by atoms with Crippen molar-refractivity contribution in [1.82, 2.24) is 10.1 Å². The first-order valence-corrected chi connectivity index (χ1v) is 5.31. The number of thiocarbonyl (C=S) groups is 1. The summed E-state index contributed by atoms with van der Waals surface area (Å²) in [5.74, 6) is 0.0131. The van der Waals surface area contributed by atoms with Gasteiger partial charge in [-0.3, -0.25) is 4.79 Å². The second-order valence-electron chi connectivity index (χ2n) is 3.77. The van der Waals surface area contributed by atoms with E-state index < -0.39 is 0 Å². The van der Waals surface area contributed by atoms with Crippen molar-refractivity contribution in [2.75, 3.05) is 7.05 Å². The third-order valence-corrected chi connectivity index (χ3v) is 2.48. The molecule has 0 bridgehead atoms. The molecule has 1 rings (SSSR count). The number of rotatable bonds is 4. The zero-order valence-corrected chi connectivity index (χ0v) is 10.4. The zero-order chi connectivity index (χ0) is 12.3. The second-order valence-corrected chi connectivity index (χ2v) is 4.29. The predicted molar refractivity (Wildman–Crippen MR) is 64.2 cm³/mol. The van der Waals surface area contributed by atoms with Gasteiger partial charge >= 0.3 is 0 Å². The van der Waals surface area contributed by atoms with Gasteiger partial charge in [0.1, 0.15) is 0 Å². The number of nitrogens with two attached hydrogens (primary N) is 1. The lowest BCUT2D eigenvalue weighted by Gasteiger charge is -2.23. The van der Waals surface area contributed by atoms with Gasteiger partial charge in [-0.25, -0.2) is 0 Å². The average molecular weight is 241 g/mol. The molecular formula is C10H15N3O2S. The second kappa shape index (κ2) is 5.07. The van der Waals surface area contributed by atoms with Crippen LogP contribution in [0.5, 0.6) is 0 Å². The molecule has 0 fully saturated rings. The smallest absolute Gasteiger partial charge is 0.292 e. The molecule has 0 spiro atoms. The molecule has 88 valence electrons. The third kappa shape index (κ3) is 3.03. The van der Waals surface area contributed by atoms with Crippen LogP contribution in [-0.2, 0) is 0 Å². The first-order valence-electron chi connectivity index (χ1n) is 4.90. The van der Waals surface area contributed by atoms with E-state index in [1.807, 2.05) is 6.92 Å². The van der Waals surface area contributed by atoms with Crippen LogP contribution in [0.25, 0.3) is 0 Å². The summed E-state index contributed by atoms with van der Waals surface area (Å²) in [5.41, 5.74) is 6.11. The van der Waals surface area contributed by atoms with Crippen LogP contribution in [0.1, 0.15) is 29.6 Å². The van der Waals surface area contributed by atoms with Gasteiger partial charge in [0.25, 0.3) is 5.91 Å². The van der Waals surface area contributed by atoms with Crippen molar-refractivity contribution in [3.8, 4) is 0 Å². The van der Waals surface area contributed by atoms with Crippen LogP contribution in [0, 0.1) is 6.92 Å². The van der Waals surface area contributed by atoms with Crippen molar-refractivity contribution >= 4 is 23.1 Å². The molecular weight excluding hydrogens is 226 g/mol. The van der Waals surface area contributed by atoms with Gasteiger partial charge in [0.15, 0.2) is 0 Å². The lowest BCUT2D eigenvalue weighted by molar-refractivity contribution is 0.0706. The highest BCUT2D eigenvalue weighted by Gasteiger charge is 2.21. The number of hydrogen-bond acceptors (Lipinski definition) is 4. The highest BCUT2D eigenvalue weighted by Crippen LogP contribution is 2.09. The van der Waals surface area contributed by atoms with Gasteiger partial charge in [-0.05, 0) is 13.8 Å². The summed E-state index contributed by atoms with van der Waals surface area (Å²) in [6, 6.07) is 1.54. The van der Waals surface area contributed by atoms with Gasteiger partial charge in [-0.15, -0.1) is 0 Å². The van der Waals surface area contributed by atoms with Crippen LogP contribution in [-0.4, -0.2) is 34.0 Å². The lowest BCUT2D eigenvalue weighted by Crippen LogP contribution is -2.37. The number of hydrogen-bond donors (Lipinski definition) is 1. The molecule has 1 aromatic rings. The first kappa shape index (κ1) is 12.6. The Hall–Kier alpha value is -1.43. The largest absolute Gasteiger partial charge is 0.393 e. The molecule has 1 unspecified atom stereocenters. The molecule has 1 aromatic heterocycles. The van der Waals surface area contributed by atoms with E-state index in [1.165, 1.54) is 0 Å². The van der Waals surface area contributed by atoms with Crippen LogP contribution in [0.15, 0.2) is 10.6 Å². The van der Waals surface area contributed by atoms with E-state index in [0.29, 0.717) is 17.1 Å². The molecule has 0 aliphatic rings. The topological polar surface area (TPSA) is 72.4 Å². The summed E-state index contributed by atoms with van der Waals surface area (Å²) >= 11 is 4.80.